The van der Waals surface area contributed by atoms with E-state index in [0.717, 1.165) is 6.42 Å². The van der Waals surface area contributed by atoms with E-state index in [-0.39, 0.29) is 12.8 Å². The van der Waals surface area contributed by atoms with Gasteiger partial charge in [0.05, 0.1) is 0 Å². The van der Waals surface area contributed by atoms with Crippen molar-refractivity contribution in [2.24, 2.45) is 0 Å². The first-order chi connectivity index (χ1) is 9.69. The van der Waals surface area contributed by atoms with Crippen LogP contribution in [-0.2, 0) is 19.7 Å². The molecule has 0 aromatic rings. The Hall–Kier alpha value is -0.520. The number of sulfone groups is 2. The van der Waals surface area contributed by atoms with Crippen LogP contribution in [0.4, 0.5) is 26.3 Å². The molecule has 0 aliphatic heterocycles. The molecule has 0 heterocycles. The molecule has 0 aliphatic carbocycles. The molecule has 0 unspecified atom stereocenters. The Bertz CT molecular complexity index is 503. The van der Waals surface area contributed by atoms with Crippen LogP contribution in [0, 0.1) is 0 Å². The predicted molar refractivity (Wildman–Crippen MR) is 67.1 cm³/mol. The zero-order valence-electron chi connectivity index (χ0n) is 11.5. The van der Waals surface area contributed by atoms with Crippen LogP contribution in [0.3, 0.4) is 0 Å². The lowest BCUT2D eigenvalue weighted by Crippen LogP contribution is -2.44. The quantitative estimate of drug-likeness (QED) is 0.479. The molecular formula is C10H16F6O4S2. The molecule has 134 valence electrons. The van der Waals surface area contributed by atoms with Gasteiger partial charge in [-0.25, -0.2) is 16.8 Å². The highest BCUT2D eigenvalue weighted by Crippen LogP contribution is 2.38. The third-order valence-electron chi connectivity index (χ3n) is 2.88. The van der Waals surface area contributed by atoms with Crippen LogP contribution in [-0.4, -0.2) is 32.4 Å². The van der Waals surface area contributed by atoms with E-state index in [9.17, 15) is 43.2 Å². The molecule has 0 aromatic heterocycles. The summed E-state index contributed by atoms with van der Waals surface area (Å²) in [5, 5.41) is 0. The maximum absolute atomic E-state index is 12.4. The summed E-state index contributed by atoms with van der Waals surface area (Å²) in [6.45, 7) is 1.81. The van der Waals surface area contributed by atoms with Gasteiger partial charge in [-0.3, -0.25) is 0 Å². The van der Waals surface area contributed by atoms with E-state index in [1.165, 1.54) is 0 Å². The molecule has 0 fully saturated rings. The van der Waals surface area contributed by atoms with Gasteiger partial charge in [0.25, 0.3) is 19.7 Å². The summed E-state index contributed by atoms with van der Waals surface area (Å²) >= 11 is 0. The highest BCUT2D eigenvalue weighted by molar-refractivity contribution is 8.09. The first-order valence-electron chi connectivity index (χ1n) is 6.30. The second kappa shape index (κ2) is 7.37. The molecule has 0 saturated heterocycles. The van der Waals surface area contributed by atoms with Crippen LogP contribution in [0.1, 0.15) is 45.4 Å². The van der Waals surface area contributed by atoms with E-state index in [1.807, 2.05) is 6.92 Å². The molecule has 0 radical (unpaired) electrons. The van der Waals surface area contributed by atoms with Gasteiger partial charge in [-0.2, -0.15) is 26.3 Å². The third-order valence-corrected chi connectivity index (χ3v) is 7.55. The maximum Gasteiger partial charge on any atom is 0.498 e. The van der Waals surface area contributed by atoms with Gasteiger partial charge in [-0.1, -0.05) is 39.0 Å². The standard InChI is InChI=1S/C10H16F6O4S2/c1-2-3-4-5-6-7-8(21(17,18)9(11,12)13)22(19,20)10(14,15)16/h8H,2-7H2,1H3. The van der Waals surface area contributed by atoms with E-state index in [1.54, 1.807) is 0 Å². The van der Waals surface area contributed by atoms with Crippen LogP contribution in [0.25, 0.3) is 0 Å². The summed E-state index contributed by atoms with van der Waals surface area (Å²) in [5.74, 6) is 0. The van der Waals surface area contributed by atoms with Crippen molar-refractivity contribution >= 4 is 19.7 Å². The van der Waals surface area contributed by atoms with Crippen molar-refractivity contribution in [2.75, 3.05) is 0 Å². The second-order valence-electron chi connectivity index (χ2n) is 4.61. The van der Waals surface area contributed by atoms with Crippen LogP contribution >= 0.6 is 0 Å². The normalized spacial score (nSPS) is 14.5. The van der Waals surface area contributed by atoms with Crippen molar-refractivity contribution in [2.45, 2.75) is 61.0 Å². The van der Waals surface area contributed by atoms with E-state index in [0.29, 0.717) is 12.8 Å². The van der Waals surface area contributed by atoms with Gasteiger partial charge in [0, 0.05) is 0 Å². The molecule has 0 N–H and O–H groups in total. The van der Waals surface area contributed by atoms with Gasteiger partial charge >= 0.3 is 11.0 Å². The Balaban J connectivity index is 5.47. The molecule has 0 saturated carbocycles. The Kier molecular flexibility index (Phi) is 7.19. The largest absolute Gasteiger partial charge is 0.498 e. The number of hydrogen-bond acceptors (Lipinski definition) is 4. The van der Waals surface area contributed by atoms with Crippen molar-refractivity contribution in [1.82, 2.24) is 0 Å². The van der Waals surface area contributed by atoms with Crippen molar-refractivity contribution in [3.8, 4) is 0 Å². The molecule has 0 rings (SSSR count). The fourth-order valence-corrected chi connectivity index (χ4v) is 5.23. The molecule has 4 nitrogen and oxygen atoms in total. The zero-order chi connectivity index (χ0) is 17.8. The molecular weight excluding hydrogens is 362 g/mol. The van der Waals surface area contributed by atoms with Gasteiger partial charge in [0.15, 0.2) is 4.58 Å². The highest BCUT2D eigenvalue weighted by atomic mass is 32.3. The van der Waals surface area contributed by atoms with E-state index >= 15 is 0 Å². The minimum atomic E-state index is -6.48. The Morgan fingerprint density at radius 2 is 1.09 bits per heavy atom. The average Bonchev–Trinajstić information content (AvgIpc) is 2.30. The smallest absolute Gasteiger partial charge is 0.218 e. The SMILES string of the molecule is CCCCCCCC(S(=O)(=O)C(F)(F)F)S(=O)(=O)C(F)(F)F. The van der Waals surface area contributed by atoms with E-state index in [4.69, 9.17) is 0 Å². The number of alkyl halides is 6. The number of unbranched alkanes of at least 4 members (excludes halogenated alkanes) is 4. The Morgan fingerprint density at radius 1 is 0.727 bits per heavy atom. The van der Waals surface area contributed by atoms with E-state index in [2.05, 4.69) is 0 Å². The van der Waals surface area contributed by atoms with Crippen LogP contribution in [0.2, 0.25) is 0 Å². The minimum absolute atomic E-state index is 0.144. The number of hydrogen-bond donors (Lipinski definition) is 0. The summed E-state index contributed by atoms with van der Waals surface area (Å²) in [4.78, 5) is 0. The van der Waals surface area contributed by atoms with Crippen LogP contribution in [0.5, 0.6) is 0 Å². The lowest BCUT2D eigenvalue weighted by Gasteiger charge is -2.20. The van der Waals surface area contributed by atoms with Gasteiger partial charge in [-0.05, 0) is 6.42 Å². The summed E-state index contributed by atoms with van der Waals surface area (Å²) in [5.41, 5.74) is -12.1. The lowest BCUT2D eigenvalue weighted by molar-refractivity contribution is -0.0472. The van der Waals surface area contributed by atoms with Crippen molar-refractivity contribution in [1.29, 1.82) is 0 Å². The number of rotatable bonds is 8. The molecule has 12 heteroatoms. The van der Waals surface area contributed by atoms with Gasteiger partial charge in [0.2, 0.25) is 0 Å². The molecule has 0 spiro atoms. The second-order valence-corrected chi connectivity index (χ2v) is 9.16. The lowest BCUT2D eigenvalue weighted by atomic mass is 10.1. The van der Waals surface area contributed by atoms with Crippen molar-refractivity contribution in [3.63, 3.8) is 0 Å². The molecule has 0 aliphatic rings. The third kappa shape index (κ3) is 5.00. The fraction of sp³-hybridized carbons (Fsp3) is 1.00. The van der Waals surface area contributed by atoms with E-state index < -0.39 is 41.7 Å². The predicted octanol–water partition coefficient (Wildman–Crippen LogP) is 3.54. The first kappa shape index (κ1) is 21.5. The summed E-state index contributed by atoms with van der Waals surface area (Å²) in [6.07, 6.45) is 0.392. The summed E-state index contributed by atoms with van der Waals surface area (Å²) in [7, 11) is -13.0. The topological polar surface area (TPSA) is 68.3 Å². The summed E-state index contributed by atoms with van der Waals surface area (Å²) < 4.78 is 116. The summed E-state index contributed by atoms with van der Waals surface area (Å²) in [6, 6.07) is 0. The van der Waals surface area contributed by atoms with Crippen LogP contribution < -0.4 is 0 Å². The van der Waals surface area contributed by atoms with Crippen molar-refractivity contribution in [3.05, 3.63) is 0 Å². The molecule has 0 aromatic carbocycles. The maximum atomic E-state index is 12.4. The Morgan fingerprint density at radius 3 is 1.41 bits per heavy atom. The zero-order valence-corrected chi connectivity index (χ0v) is 13.2. The molecule has 0 bridgehead atoms. The monoisotopic (exact) mass is 378 g/mol. The van der Waals surface area contributed by atoms with Gasteiger partial charge in [-0.15, -0.1) is 0 Å². The van der Waals surface area contributed by atoms with Crippen LogP contribution in [0.15, 0.2) is 0 Å². The van der Waals surface area contributed by atoms with Gasteiger partial charge < -0.3 is 0 Å². The van der Waals surface area contributed by atoms with Gasteiger partial charge in [0.1, 0.15) is 0 Å². The molecule has 0 atom stereocenters. The Labute approximate surface area is 124 Å². The van der Waals surface area contributed by atoms with Crippen molar-refractivity contribution < 1.29 is 43.2 Å². The average molecular weight is 378 g/mol. The number of halogens is 6. The molecule has 0 amide bonds. The fourth-order valence-electron chi connectivity index (χ4n) is 1.69. The first-order valence-corrected chi connectivity index (χ1v) is 9.39. The minimum Gasteiger partial charge on any atom is -0.218 e. The highest BCUT2D eigenvalue weighted by Gasteiger charge is 2.62. The molecule has 22 heavy (non-hydrogen) atoms.